The van der Waals surface area contributed by atoms with Crippen LogP contribution >= 0.6 is 24.0 Å². The van der Waals surface area contributed by atoms with E-state index < -0.39 is 0 Å². The van der Waals surface area contributed by atoms with Crippen molar-refractivity contribution < 1.29 is 4.79 Å². The first kappa shape index (κ1) is 24.0. The molecule has 1 amide bonds. The summed E-state index contributed by atoms with van der Waals surface area (Å²) in [5.41, 5.74) is 0. The lowest BCUT2D eigenvalue weighted by Gasteiger charge is -2.34. The smallest absolute Gasteiger partial charge is 0.225 e. The first-order valence-electron chi connectivity index (χ1n) is 11.6. The molecule has 3 heterocycles. The lowest BCUT2D eigenvalue weighted by atomic mass is 9.82. The zero-order valence-electron chi connectivity index (χ0n) is 18.6. The Labute approximate surface area is 202 Å². The number of amides is 1. The second kappa shape index (κ2) is 11.8. The molecule has 1 N–H and O–H groups in total. The van der Waals surface area contributed by atoms with Crippen LogP contribution in [0.3, 0.4) is 0 Å². The third kappa shape index (κ3) is 6.20. The minimum atomic E-state index is 0. The number of likely N-dealkylation sites (tertiary alicyclic amines) is 1. The van der Waals surface area contributed by atoms with Crippen LogP contribution < -0.4 is 10.2 Å². The second-order valence-corrected chi connectivity index (χ2v) is 8.61. The molecule has 1 aromatic heterocycles. The molecule has 172 valence electrons. The van der Waals surface area contributed by atoms with Crippen LogP contribution in [-0.2, 0) is 4.79 Å². The van der Waals surface area contributed by atoms with Crippen LogP contribution in [0.2, 0.25) is 0 Å². The normalized spacial score (nSPS) is 23.9. The van der Waals surface area contributed by atoms with E-state index in [1.54, 1.807) is 12.4 Å². The van der Waals surface area contributed by atoms with Crippen LogP contribution in [0.1, 0.15) is 39.0 Å². The van der Waals surface area contributed by atoms with Gasteiger partial charge in [0.1, 0.15) is 0 Å². The van der Waals surface area contributed by atoms with Gasteiger partial charge in [0.2, 0.25) is 11.9 Å². The highest BCUT2D eigenvalue weighted by atomic mass is 127. The van der Waals surface area contributed by atoms with E-state index in [1.165, 1.54) is 25.7 Å². The minimum Gasteiger partial charge on any atom is -0.357 e. The highest BCUT2D eigenvalue weighted by Crippen LogP contribution is 2.35. The molecule has 1 saturated carbocycles. The Morgan fingerprint density at radius 2 is 1.71 bits per heavy atom. The van der Waals surface area contributed by atoms with E-state index in [4.69, 9.17) is 4.99 Å². The summed E-state index contributed by atoms with van der Waals surface area (Å²) >= 11 is 0. The lowest BCUT2D eigenvalue weighted by molar-refractivity contribution is -0.131. The van der Waals surface area contributed by atoms with Crippen molar-refractivity contribution in [2.24, 2.45) is 16.8 Å². The van der Waals surface area contributed by atoms with Crippen molar-refractivity contribution in [3.63, 3.8) is 0 Å². The number of fused-ring (bicyclic) bond motifs is 1. The van der Waals surface area contributed by atoms with E-state index in [-0.39, 0.29) is 29.9 Å². The largest absolute Gasteiger partial charge is 0.357 e. The number of rotatable bonds is 5. The number of halogens is 1. The topological polar surface area (TPSA) is 77.0 Å². The van der Waals surface area contributed by atoms with Crippen molar-refractivity contribution in [1.29, 1.82) is 0 Å². The summed E-state index contributed by atoms with van der Waals surface area (Å²) in [6.45, 7) is 8.75. The van der Waals surface area contributed by atoms with Gasteiger partial charge in [-0.1, -0.05) is 12.8 Å². The average molecular weight is 541 g/mol. The monoisotopic (exact) mass is 541 g/mol. The van der Waals surface area contributed by atoms with Crippen LogP contribution in [0.4, 0.5) is 5.95 Å². The number of hydrogen-bond acceptors (Lipinski definition) is 5. The molecule has 3 aliphatic rings. The number of carbonyl (C=O) groups excluding carboxylic acids is 1. The summed E-state index contributed by atoms with van der Waals surface area (Å²) in [4.78, 5) is 32.6. The van der Waals surface area contributed by atoms with Gasteiger partial charge in [0.25, 0.3) is 0 Å². The predicted molar refractivity (Wildman–Crippen MR) is 134 cm³/mol. The Morgan fingerprint density at radius 1 is 1.06 bits per heavy atom. The summed E-state index contributed by atoms with van der Waals surface area (Å²) in [6, 6.07) is 1.82. The van der Waals surface area contributed by atoms with Crippen molar-refractivity contribution in [1.82, 2.24) is 25.1 Å². The highest BCUT2D eigenvalue weighted by Gasteiger charge is 2.35. The fraction of sp³-hybridized carbons (Fsp3) is 0.727. The SMILES string of the molecule is CCNC(=NCCC(=O)N1CCN(c2ncccn2)CC1)N1CC2CCCCC2C1.I. The van der Waals surface area contributed by atoms with Gasteiger partial charge in [0.05, 0.1) is 6.54 Å². The number of carbonyl (C=O) groups is 1. The van der Waals surface area contributed by atoms with Crippen LogP contribution in [-0.4, -0.2) is 84.0 Å². The fourth-order valence-corrected chi connectivity index (χ4v) is 5.03. The predicted octanol–water partition coefficient (Wildman–Crippen LogP) is 2.22. The maximum absolute atomic E-state index is 12.7. The summed E-state index contributed by atoms with van der Waals surface area (Å²) in [7, 11) is 0. The molecule has 0 aromatic carbocycles. The highest BCUT2D eigenvalue weighted by molar-refractivity contribution is 14.0. The van der Waals surface area contributed by atoms with Gasteiger partial charge < -0.3 is 20.0 Å². The third-order valence-electron chi connectivity index (χ3n) is 6.67. The zero-order chi connectivity index (χ0) is 20.8. The van der Waals surface area contributed by atoms with Crippen molar-refractivity contribution in [3.05, 3.63) is 18.5 Å². The molecule has 8 nitrogen and oxygen atoms in total. The molecule has 0 radical (unpaired) electrons. The second-order valence-electron chi connectivity index (χ2n) is 8.61. The summed E-state index contributed by atoms with van der Waals surface area (Å²) in [5, 5.41) is 3.44. The van der Waals surface area contributed by atoms with Gasteiger partial charge in [-0.05, 0) is 37.7 Å². The standard InChI is InChI=1S/C22H35N7O.HI/c1-2-23-21(29-16-18-6-3-4-7-19(18)17-29)26-11-8-20(30)27-12-14-28(15-13-27)22-24-9-5-10-25-22;/h5,9-10,18-19H,2-4,6-8,11-17H2,1H3,(H,23,26);1H. The summed E-state index contributed by atoms with van der Waals surface area (Å²) < 4.78 is 0. The van der Waals surface area contributed by atoms with Crippen molar-refractivity contribution in [2.75, 3.05) is 57.3 Å². The van der Waals surface area contributed by atoms with Crippen LogP contribution in [0, 0.1) is 11.8 Å². The molecule has 2 unspecified atom stereocenters. The van der Waals surface area contributed by atoms with E-state index >= 15 is 0 Å². The summed E-state index contributed by atoms with van der Waals surface area (Å²) in [5.74, 6) is 3.59. The maximum Gasteiger partial charge on any atom is 0.225 e. The number of aromatic nitrogens is 2. The Morgan fingerprint density at radius 3 is 2.32 bits per heavy atom. The van der Waals surface area contributed by atoms with E-state index in [1.807, 2.05) is 11.0 Å². The number of anilines is 1. The fourth-order valence-electron chi connectivity index (χ4n) is 5.03. The van der Waals surface area contributed by atoms with Gasteiger partial charge >= 0.3 is 0 Å². The Balaban J connectivity index is 0.00000272. The Hall–Kier alpha value is -1.65. The summed E-state index contributed by atoms with van der Waals surface area (Å²) in [6.07, 6.45) is 9.46. The lowest BCUT2D eigenvalue weighted by Crippen LogP contribution is -2.49. The van der Waals surface area contributed by atoms with Gasteiger partial charge in [0, 0.05) is 64.6 Å². The maximum atomic E-state index is 12.7. The van der Waals surface area contributed by atoms with Gasteiger partial charge in [-0.2, -0.15) is 0 Å². The number of nitrogens with zero attached hydrogens (tertiary/aromatic N) is 6. The van der Waals surface area contributed by atoms with Gasteiger partial charge in [-0.3, -0.25) is 9.79 Å². The molecule has 4 rings (SSSR count). The van der Waals surface area contributed by atoms with Crippen LogP contribution in [0.25, 0.3) is 0 Å². The molecule has 3 fully saturated rings. The Kier molecular flexibility index (Phi) is 9.15. The number of hydrogen-bond donors (Lipinski definition) is 1. The molecule has 0 spiro atoms. The van der Waals surface area contributed by atoms with Crippen LogP contribution in [0.15, 0.2) is 23.5 Å². The van der Waals surface area contributed by atoms with Crippen LogP contribution in [0.5, 0.6) is 0 Å². The quantitative estimate of drug-likeness (QED) is 0.350. The number of guanidine groups is 1. The molecule has 1 aromatic rings. The number of aliphatic imine (C=N–C) groups is 1. The molecule has 1 aliphatic carbocycles. The van der Waals surface area contributed by atoms with Crippen molar-refractivity contribution in [3.8, 4) is 0 Å². The van der Waals surface area contributed by atoms with Crippen molar-refractivity contribution >= 4 is 41.8 Å². The first-order valence-corrected chi connectivity index (χ1v) is 11.6. The van der Waals surface area contributed by atoms with Gasteiger partial charge in [0.15, 0.2) is 5.96 Å². The number of nitrogens with one attached hydrogen (secondary N) is 1. The van der Waals surface area contributed by atoms with E-state index in [0.29, 0.717) is 13.0 Å². The van der Waals surface area contributed by atoms with E-state index in [9.17, 15) is 4.79 Å². The molecule has 31 heavy (non-hydrogen) atoms. The van der Waals surface area contributed by atoms with Gasteiger partial charge in [-0.15, -0.1) is 24.0 Å². The molecular formula is C22H36IN7O. The molecule has 9 heteroatoms. The first-order chi connectivity index (χ1) is 14.7. The minimum absolute atomic E-state index is 0. The zero-order valence-corrected chi connectivity index (χ0v) is 20.9. The third-order valence-corrected chi connectivity index (χ3v) is 6.67. The van der Waals surface area contributed by atoms with E-state index in [2.05, 4.69) is 32.0 Å². The molecule has 2 atom stereocenters. The average Bonchev–Trinajstić information content (AvgIpc) is 3.23. The van der Waals surface area contributed by atoms with Crippen molar-refractivity contribution in [2.45, 2.75) is 39.0 Å². The molecular weight excluding hydrogens is 505 g/mol. The molecule has 0 bridgehead atoms. The Bertz CT molecular complexity index is 710. The number of piperazine rings is 1. The molecule has 2 aliphatic heterocycles. The van der Waals surface area contributed by atoms with E-state index in [0.717, 1.165) is 69.6 Å². The molecule has 2 saturated heterocycles. The van der Waals surface area contributed by atoms with Gasteiger partial charge in [-0.25, -0.2) is 9.97 Å².